The largest absolute Gasteiger partial charge is 0.366 e. The van der Waals surface area contributed by atoms with Gasteiger partial charge in [-0.25, -0.2) is 0 Å². The Bertz CT molecular complexity index is 609. The lowest BCUT2D eigenvalue weighted by molar-refractivity contribution is 0.0999. The zero-order chi connectivity index (χ0) is 14.7. The van der Waals surface area contributed by atoms with Crippen LogP contribution >= 0.6 is 0 Å². The van der Waals surface area contributed by atoms with Crippen LogP contribution in [-0.2, 0) is 6.54 Å². The first-order valence-corrected chi connectivity index (χ1v) is 7.11. The molecule has 0 fully saturated rings. The monoisotopic (exact) mass is 270 g/mol. The predicted octanol–water partition coefficient (Wildman–Crippen LogP) is 3.67. The highest BCUT2D eigenvalue weighted by Gasteiger charge is 2.16. The summed E-state index contributed by atoms with van der Waals surface area (Å²) in [7, 11) is 0. The fraction of sp³-hybridized carbons (Fsp3) is 0.353. The minimum absolute atomic E-state index is 0.355. The van der Waals surface area contributed by atoms with E-state index in [1.807, 2.05) is 13.0 Å². The highest BCUT2D eigenvalue weighted by atomic mass is 16.1. The van der Waals surface area contributed by atoms with E-state index < -0.39 is 0 Å². The van der Waals surface area contributed by atoms with Crippen molar-refractivity contribution in [1.29, 1.82) is 0 Å². The maximum absolute atomic E-state index is 11.6. The molecule has 0 unspecified atom stereocenters. The third-order valence-electron chi connectivity index (χ3n) is 3.71. The minimum atomic E-state index is -0.355. The van der Waals surface area contributed by atoms with E-state index in [-0.39, 0.29) is 5.91 Å². The fourth-order valence-electron chi connectivity index (χ4n) is 2.46. The standard InChI is InChI=1S/C17H22N2O/c1-4-5-10-19-13(3)15(17(18)20)11-16(19)14-8-6-12(2)7-9-14/h6-9,11H,4-5,10H2,1-3H3,(H2,18,20). The topological polar surface area (TPSA) is 48.0 Å². The van der Waals surface area contributed by atoms with Gasteiger partial charge in [-0.15, -0.1) is 0 Å². The number of aryl methyl sites for hydroxylation is 1. The van der Waals surface area contributed by atoms with Gasteiger partial charge in [0.25, 0.3) is 5.91 Å². The van der Waals surface area contributed by atoms with Crippen LogP contribution in [0, 0.1) is 13.8 Å². The van der Waals surface area contributed by atoms with Crippen molar-refractivity contribution in [3.8, 4) is 11.3 Å². The minimum Gasteiger partial charge on any atom is -0.366 e. The van der Waals surface area contributed by atoms with E-state index in [2.05, 4.69) is 42.7 Å². The molecule has 2 N–H and O–H groups in total. The summed E-state index contributed by atoms with van der Waals surface area (Å²) in [6.45, 7) is 7.12. The SMILES string of the molecule is CCCCn1c(-c2ccc(C)cc2)cc(C(N)=O)c1C. The first-order valence-electron chi connectivity index (χ1n) is 7.11. The molecule has 20 heavy (non-hydrogen) atoms. The number of benzene rings is 1. The van der Waals surface area contributed by atoms with Crippen LogP contribution in [0.4, 0.5) is 0 Å². The number of nitrogens with zero attached hydrogens (tertiary/aromatic N) is 1. The number of unbranched alkanes of at least 4 members (excludes halogenated alkanes) is 1. The van der Waals surface area contributed by atoms with Crippen molar-refractivity contribution in [2.75, 3.05) is 0 Å². The van der Waals surface area contributed by atoms with Crippen LogP contribution < -0.4 is 5.73 Å². The average molecular weight is 270 g/mol. The van der Waals surface area contributed by atoms with Gasteiger partial charge in [-0.2, -0.15) is 0 Å². The van der Waals surface area contributed by atoms with Gasteiger partial charge >= 0.3 is 0 Å². The molecule has 2 rings (SSSR count). The van der Waals surface area contributed by atoms with Gasteiger partial charge in [0.15, 0.2) is 0 Å². The Morgan fingerprint density at radius 1 is 1.20 bits per heavy atom. The Hall–Kier alpha value is -2.03. The second-order valence-corrected chi connectivity index (χ2v) is 5.26. The first kappa shape index (κ1) is 14.4. The molecule has 0 saturated heterocycles. The van der Waals surface area contributed by atoms with Crippen molar-refractivity contribution in [3.63, 3.8) is 0 Å². The van der Waals surface area contributed by atoms with Crippen LogP contribution in [0.15, 0.2) is 30.3 Å². The molecule has 1 heterocycles. The molecule has 0 saturated carbocycles. The molecule has 2 aromatic rings. The molecule has 0 spiro atoms. The zero-order valence-corrected chi connectivity index (χ0v) is 12.4. The molecule has 0 atom stereocenters. The van der Waals surface area contributed by atoms with Crippen molar-refractivity contribution in [1.82, 2.24) is 4.57 Å². The summed E-state index contributed by atoms with van der Waals surface area (Å²) in [6, 6.07) is 10.3. The third kappa shape index (κ3) is 2.77. The first-order chi connectivity index (χ1) is 9.54. The molecule has 3 nitrogen and oxygen atoms in total. The number of amides is 1. The molecule has 1 amide bonds. The van der Waals surface area contributed by atoms with Gasteiger partial charge in [0, 0.05) is 17.9 Å². The van der Waals surface area contributed by atoms with Gasteiger partial charge in [0.05, 0.1) is 5.56 Å². The average Bonchev–Trinajstić information content (AvgIpc) is 2.75. The van der Waals surface area contributed by atoms with Crippen LogP contribution in [0.1, 0.15) is 41.4 Å². The van der Waals surface area contributed by atoms with Crippen LogP contribution in [0.2, 0.25) is 0 Å². The number of hydrogen-bond acceptors (Lipinski definition) is 1. The van der Waals surface area contributed by atoms with Gasteiger partial charge in [0.1, 0.15) is 0 Å². The smallest absolute Gasteiger partial charge is 0.250 e. The molecule has 3 heteroatoms. The van der Waals surface area contributed by atoms with Crippen molar-refractivity contribution < 1.29 is 4.79 Å². The summed E-state index contributed by atoms with van der Waals surface area (Å²) < 4.78 is 2.20. The maximum atomic E-state index is 11.6. The lowest BCUT2D eigenvalue weighted by Gasteiger charge is -2.11. The summed E-state index contributed by atoms with van der Waals surface area (Å²) in [5.74, 6) is -0.355. The van der Waals surface area contributed by atoms with E-state index in [9.17, 15) is 4.79 Å². The van der Waals surface area contributed by atoms with Gasteiger partial charge in [-0.05, 0) is 31.9 Å². The lowest BCUT2D eigenvalue weighted by atomic mass is 10.1. The van der Waals surface area contributed by atoms with Gasteiger partial charge in [-0.3, -0.25) is 4.79 Å². The van der Waals surface area contributed by atoms with Crippen molar-refractivity contribution in [2.45, 2.75) is 40.2 Å². The van der Waals surface area contributed by atoms with E-state index in [0.717, 1.165) is 36.3 Å². The normalized spacial score (nSPS) is 10.8. The third-order valence-corrected chi connectivity index (χ3v) is 3.71. The summed E-state index contributed by atoms with van der Waals surface area (Å²) in [5, 5.41) is 0. The Labute approximate surface area is 120 Å². The molecule has 0 bridgehead atoms. The number of aromatic nitrogens is 1. The van der Waals surface area contributed by atoms with Crippen LogP contribution in [0.5, 0.6) is 0 Å². The second kappa shape index (κ2) is 5.95. The van der Waals surface area contributed by atoms with E-state index in [1.165, 1.54) is 5.56 Å². The molecule has 1 aromatic carbocycles. The van der Waals surface area contributed by atoms with Crippen LogP contribution in [0.3, 0.4) is 0 Å². The molecule has 0 radical (unpaired) electrons. The zero-order valence-electron chi connectivity index (χ0n) is 12.4. The Kier molecular flexibility index (Phi) is 4.28. The summed E-state index contributed by atoms with van der Waals surface area (Å²) in [5.41, 5.74) is 10.5. The number of primary amides is 1. The van der Waals surface area contributed by atoms with E-state index in [4.69, 9.17) is 5.73 Å². The maximum Gasteiger partial charge on any atom is 0.250 e. The summed E-state index contributed by atoms with van der Waals surface area (Å²) in [6.07, 6.45) is 2.21. The Morgan fingerprint density at radius 2 is 1.85 bits per heavy atom. The Balaban J connectivity index is 2.52. The number of carbonyl (C=O) groups is 1. The van der Waals surface area contributed by atoms with Gasteiger partial charge in [0.2, 0.25) is 0 Å². The van der Waals surface area contributed by atoms with Gasteiger partial charge < -0.3 is 10.3 Å². The fourth-order valence-corrected chi connectivity index (χ4v) is 2.46. The molecule has 106 valence electrons. The van der Waals surface area contributed by atoms with E-state index in [0.29, 0.717) is 5.56 Å². The molecule has 0 aliphatic carbocycles. The Morgan fingerprint density at radius 3 is 2.40 bits per heavy atom. The van der Waals surface area contributed by atoms with Crippen molar-refractivity contribution in [3.05, 3.63) is 47.2 Å². The van der Waals surface area contributed by atoms with Crippen molar-refractivity contribution >= 4 is 5.91 Å². The highest BCUT2D eigenvalue weighted by Crippen LogP contribution is 2.26. The highest BCUT2D eigenvalue weighted by molar-refractivity contribution is 5.95. The number of rotatable bonds is 5. The van der Waals surface area contributed by atoms with Crippen LogP contribution in [-0.4, -0.2) is 10.5 Å². The van der Waals surface area contributed by atoms with E-state index >= 15 is 0 Å². The molecule has 0 aliphatic rings. The summed E-state index contributed by atoms with van der Waals surface area (Å²) >= 11 is 0. The second-order valence-electron chi connectivity index (χ2n) is 5.26. The number of carbonyl (C=O) groups excluding carboxylic acids is 1. The molecular weight excluding hydrogens is 248 g/mol. The molecule has 1 aromatic heterocycles. The summed E-state index contributed by atoms with van der Waals surface area (Å²) in [4.78, 5) is 11.6. The van der Waals surface area contributed by atoms with Gasteiger partial charge in [-0.1, -0.05) is 43.2 Å². The lowest BCUT2D eigenvalue weighted by Crippen LogP contribution is -2.12. The number of nitrogens with two attached hydrogens (primary N) is 1. The van der Waals surface area contributed by atoms with Crippen LogP contribution in [0.25, 0.3) is 11.3 Å². The predicted molar refractivity (Wildman–Crippen MR) is 82.8 cm³/mol. The van der Waals surface area contributed by atoms with Crippen molar-refractivity contribution in [2.24, 2.45) is 5.73 Å². The molecular formula is C17H22N2O. The molecule has 0 aliphatic heterocycles. The quantitative estimate of drug-likeness (QED) is 0.885. The number of hydrogen-bond donors (Lipinski definition) is 1. The van der Waals surface area contributed by atoms with E-state index in [1.54, 1.807) is 0 Å².